The number of benzene rings is 9. The van der Waals surface area contributed by atoms with Crippen LogP contribution in [0, 0.1) is 0 Å². The van der Waals surface area contributed by atoms with Gasteiger partial charge in [-0.3, -0.25) is 0 Å². The van der Waals surface area contributed by atoms with Crippen LogP contribution in [0.5, 0.6) is 0 Å². The van der Waals surface area contributed by atoms with Crippen LogP contribution in [0.4, 0.5) is 0 Å². The first-order valence-electron chi connectivity index (χ1n) is 21.0. The Morgan fingerprint density at radius 3 is 1.48 bits per heavy atom. The first kappa shape index (κ1) is 36.3. The second kappa shape index (κ2) is 15.1. The summed E-state index contributed by atoms with van der Waals surface area (Å²) in [6.45, 7) is 0. The van der Waals surface area contributed by atoms with Gasteiger partial charge >= 0.3 is 0 Å². The highest BCUT2D eigenvalue weighted by atomic mass is 16.3. The topological polar surface area (TPSA) is 77.6 Å². The van der Waals surface area contributed by atoms with Crippen LogP contribution < -0.4 is 0 Å². The number of hydrogen-bond acceptors (Lipinski definition) is 6. The maximum absolute atomic E-state index is 6.45. The number of furan rings is 1. The average Bonchev–Trinajstić information content (AvgIpc) is 3.72. The van der Waals surface area contributed by atoms with E-state index in [0.29, 0.717) is 23.3 Å². The molecule has 63 heavy (non-hydrogen) atoms. The maximum Gasteiger partial charge on any atom is 0.164 e. The van der Waals surface area contributed by atoms with Crippen LogP contribution in [0.2, 0.25) is 0 Å². The van der Waals surface area contributed by atoms with E-state index < -0.39 is 0 Å². The lowest BCUT2D eigenvalue weighted by atomic mass is 9.98. The molecule has 0 atom stereocenters. The van der Waals surface area contributed by atoms with Gasteiger partial charge in [0.05, 0.1) is 11.4 Å². The summed E-state index contributed by atoms with van der Waals surface area (Å²) in [5, 5.41) is 6.77. The van der Waals surface area contributed by atoms with Crippen molar-refractivity contribution in [3.63, 3.8) is 0 Å². The van der Waals surface area contributed by atoms with Gasteiger partial charge < -0.3 is 4.42 Å². The van der Waals surface area contributed by atoms with Gasteiger partial charge in [0.2, 0.25) is 0 Å². The van der Waals surface area contributed by atoms with E-state index >= 15 is 0 Å². The van der Waals surface area contributed by atoms with E-state index in [1.54, 1.807) is 0 Å². The van der Waals surface area contributed by atoms with Gasteiger partial charge in [-0.2, -0.15) is 0 Å². The number of rotatable bonds is 7. The molecule has 6 nitrogen and oxygen atoms in total. The Labute approximate surface area is 362 Å². The van der Waals surface area contributed by atoms with Crippen molar-refractivity contribution >= 4 is 43.5 Å². The van der Waals surface area contributed by atoms with Crippen molar-refractivity contribution in [3.8, 4) is 79.2 Å². The molecule has 0 saturated carbocycles. The van der Waals surface area contributed by atoms with Gasteiger partial charge in [0.25, 0.3) is 0 Å². The quantitative estimate of drug-likeness (QED) is 0.160. The fraction of sp³-hybridized carbons (Fsp3) is 0. The number of fused-ring (bicyclic) bond motifs is 5. The molecule has 0 unspecified atom stereocenters. The summed E-state index contributed by atoms with van der Waals surface area (Å²) in [4.78, 5) is 25.5. The highest BCUT2D eigenvalue weighted by Crippen LogP contribution is 2.37. The molecular weight excluding hydrogens is 771 g/mol. The Morgan fingerprint density at radius 1 is 0.254 bits per heavy atom. The fourth-order valence-corrected chi connectivity index (χ4v) is 8.55. The summed E-state index contributed by atoms with van der Waals surface area (Å²) in [7, 11) is 0. The standard InChI is InChI=1S/C57H35N5O/c1-3-15-37(16-4-1)54-58-50(35-51(59-54)47-27-13-21-36-14-9-10-26-46(36)47)43-24-11-22-39(30-43)40-23-12-25-44(31-40)56-60-55(38-17-5-2-6-18-38)61-57(62-56)45-28-29-48-49-32-41-19-7-8-20-42(41)33-53(49)63-52(48)34-45/h1-35H. The summed E-state index contributed by atoms with van der Waals surface area (Å²) in [5.41, 5.74) is 11.1. The molecule has 0 radical (unpaired) electrons. The van der Waals surface area contributed by atoms with Crippen molar-refractivity contribution in [2.45, 2.75) is 0 Å². The van der Waals surface area contributed by atoms with Crippen LogP contribution in [0.3, 0.4) is 0 Å². The SMILES string of the molecule is c1ccc(-c2nc(-c3cccc(-c4cccc(-c5nc(-c6ccccc6)nc(-c6ccc7c(c6)oc6cc8ccccc8cc67)n5)c4)c3)cc(-c3cccc4ccccc34)n2)cc1. The molecule has 0 aliphatic heterocycles. The fourth-order valence-electron chi connectivity index (χ4n) is 8.55. The highest BCUT2D eigenvalue weighted by molar-refractivity contribution is 6.10. The second-order valence-electron chi connectivity index (χ2n) is 15.7. The summed E-state index contributed by atoms with van der Waals surface area (Å²) >= 11 is 0. The molecule has 3 heterocycles. The Balaban J connectivity index is 0.949. The first-order chi connectivity index (χ1) is 31.2. The van der Waals surface area contributed by atoms with Crippen molar-refractivity contribution < 1.29 is 4.42 Å². The van der Waals surface area contributed by atoms with E-state index in [1.165, 1.54) is 10.8 Å². The maximum atomic E-state index is 6.45. The van der Waals surface area contributed by atoms with Gasteiger partial charge in [-0.15, -0.1) is 0 Å². The van der Waals surface area contributed by atoms with Gasteiger partial charge in [-0.05, 0) is 75.1 Å². The predicted molar refractivity (Wildman–Crippen MR) is 256 cm³/mol. The molecule has 0 fully saturated rings. The molecule has 294 valence electrons. The van der Waals surface area contributed by atoms with E-state index in [0.717, 1.165) is 88.6 Å². The van der Waals surface area contributed by atoms with Gasteiger partial charge in [-0.25, -0.2) is 24.9 Å². The minimum Gasteiger partial charge on any atom is -0.456 e. The molecule has 12 aromatic rings. The minimum atomic E-state index is 0.568. The molecule has 0 amide bonds. The Morgan fingerprint density at radius 2 is 0.746 bits per heavy atom. The summed E-state index contributed by atoms with van der Waals surface area (Å²) < 4.78 is 6.45. The van der Waals surface area contributed by atoms with E-state index in [-0.39, 0.29) is 0 Å². The van der Waals surface area contributed by atoms with Gasteiger partial charge in [0, 0.05) is 44.2 Å². The molecule has 3 aromatic heterocycles. The predicted octanol–water partition coefficient (Wildman–Crippen LogP) is 14.5. The van der Waals surface area contributed by atoms with Crippen molar-refractivity contribution in [2.24, 2.45) is 0 Å². The second-order valence-corrected chi connectivity index (χ2v) is 15.7. The normalized spacial score (nSPS) is 11.5. The lowest BCUT2D eigenvalue weighted by molar-refractivity contribution is 0.669. The third-order valence-electron chi connectivity index (χ3n) is 11.7. The molecule has 0 aliphatic carbocycles. The monoisotopic (exact) mass is 805 g/mol. The van der Waals surface area contributed by atoms with Crippen LogP contribution in [0.15, 0.2) is 217 Å². The largest absolute Gasteiger partial charge is 0.456 e. The first-order valence-corrected chi connectivity index (χ1v) is 21.0. The van der Waals surface area contributed by atoms with Crippen LogP contribution >= 0.6 is 0 Å². The molecule has 0 aliphatic rings. The molecule has 9 aromatic carbocycles. The summed E-state index contributed by atoms with van der Waals surface area (Å²) in [6, 6.07) is 73.0. The van der Waals surface area contributed by atoms with Crippen molar-refractivity contribution in [1.29, 1.82) is 0 Å². The zero-order chi connectivity index (χ0) is 41.7. The lowest BCUT2D eigenvalue weighted by Gasteiger charge is -2.12. The minimum absolute atomic E-state index is 0.568. The van der Waals surface area contributed by atoms with Crippen LogP contribution in [0.25, 0.3) is 123 Å². The molecular formula is C57H35N5O. The lowest BCUT2D eigenvalue weighted by Crippen LogP contribution is -2.00. The summed E-state index contributed by atoms with van der Waals surface area (Å²) in [6.07, 6.45) is 0. The molecule has 6 heteroatoms. The highest BCUT2D eigenvalue weighted by Gasteiger charge is 2.17. The van der Waals surface area contributed by atoms with E-state index in [2.05, 4.69) is 158 Å². The van der Waals surface area contributed by atoms with E-state index in [4.69, 9.17) is 29.3 Å². The zero-order valence-electron chi connectivity index (χ0n) is 33.9. The smallest absolute Gasteiger partial charge is 0.164 e. The van der Waals surface area contributed by atoms with E-state index in [9.17, 15) is 0 Å². The number of nitrogens with zero attached hydrogens (tertiary/aromatic N) is 5. The third kappa shape index (κ3) is 6.76. The van der Waals surface area contributed by atoms with Crippen molar-refractivity contribution in [3.05, 3.63) is 212 Å². The van der Waals surface area contributed by atoms with Crippen LogP contribution in [-0.4, -0.2) is 24.9 Å². The Bertz CT molecular complexity index is 3690. The Hall–Kier alpha value is -8.61. The van der Waals surface area contributed by atoms with Gasteiger partial charge in [-0.1, -0.05) is 170 Å². The van der Waals surface area contributed by atoms with Crippen molar-refractivity contribution in [1.82, 2.24) is 24.9 Å². The zero-order valence-corrected chi connectivity index (χ0v) is 33.9. The van der Waals surface area contributed by atoms with Crippen molar-refractivity contribution in [2.75, 3.05) is 0 Å². The average molecular weight is 806 g/mol. The van der Waals surface area contributed by atoms with Gasteiger partial charge in [0.15, 0.2) is 23.3 Å². The molecule has 0 N–H and O–H groups in total. The summed E-state index contributed by atoms with van der Waals surface area (Å²) in [5.74, 6) is 2.42. The van der Waals surface area contributed by atoms with E-state index in [1.807, 2.05) is 54.6 Å². The van der Waals surface area contributed by atoms with Crippen LogP contribution in [0.1, 0.15) is 0 Å². The Kier molecular flexibility index (Phi) is 8.71. The third-order valence-corrected chi connectivity index (χ3v) is 11.7. The number of hydrogen-bond donors (Lipinski definition) is 0. The molecule has 12 rings (SSSR count). The molecule has 0 spiro atoms. The molecule has 0 saturated heterocycles. The van der Waals surface area contributed by atoms with Gasteiger partial charge in [0.1, 0.15) is 11.2 Å². The molecule has 0 bridgehead atoms. The van der Waals surface area contributed by atoms with Crippen LogP contribution in [-0.2, 0) is 0 Å². The number of aromatic nitrogens is 5.